The van der Waals surface area contributed by atoms with Gasteiger partial charge in [-0.05, 0) is 0 Å². The van der Waals surface area contributed by atoms with E-state index in [1.165, 1.54) is 14.7 Å². The van der Waals surface area contributed by atoms with E-state index in [1.54, 1.807) is 0 Å². The number of para-hydroxylation sites is 2. The maximum absolute atomic E-state index is 6.25. The van der Waals surface area contributed by atoms with Crippen LogP contribution in [0.3, 0.4) is 0 Å². The molecule has 0 N–H and O–H groups in total. The van der Waals surface area contributed by atoms with E-state index in [9.17, 15) is 0 Å². The van der Waals surface area contributed by atoms with Gasteiger partial charge < -0.3 is 0 Å². The summed E-state index contributed by atoms with van der Waals surface area (Å²) in [6.45, 7) is 8.87. The van der Waals surface area contributed by atoms with Gasteiger partial charge in [-0.1, -0.05) is 0 Å². The molecule has 17 heavy (non-hydrogen) atoms. The molecule has 0 spiro atoms. The Balaban J connectivity index is 2.98. The van der Waals surface area contributed by atoms with Crippen LogP contribution >= 0.6 is 9.19 Å². The molecule has 0 saturated heterocycles. The van der Waals surface area contributed by atoms with Crippen LogP contribution in [0.25, 0.3) is 11.0 Å². The number of halogens is 1. The Bertz CT molecular complexity index is 545. The number of aromatic nitrogens is 2. The SMILES string of the molecule is CC(C)n1[c](=[Au][Cl])n(C(C)C)c2ccccc21. The van der Waals surface area contributed by atoms with Gasteiger partial charge >= 0.3 is 115 Å². The number of benzene rings is 1. The fourth-order valence-electron chi connectivity index (χ4n) is 2.17. The van der Waals surface area contributed by atoms with Crippen molar-refractivity contribution in [2.24, 2.45) is 0 Å². The number of fused-ring (bicyclic) bond motifs is 1. The average molecular weight is 435 g/mol. The van der Waals surface area contributed by atoms with Crippen molar-refractivity contribution in [2.75, 3.05) is 0 Å². The number of imidazole rings is 1. The molecule has 0 atom stereocenters. The molecule has 0 aliphatic heterocycles. The number of hydrogen-bond acceptors (Lipinski definition) is 0. The molecule has 0 amide bonds. The van der Waals surface area contributed by atoms with Crippen molar-refractivity contribution < 1.29 is 18.2 Å². The Morgan fingerprint density at radius 3 is 1.65 bits per heavy atom. The molecule has 2 rings (SSSR count). The summed E-state index contributed by atoms with van der Waals surface area (Å²) >= 11 is -0.335. The van der Waals surface area contributed by atoms with E-state index in [0.29, 0.717) is 12.1 Å². The summed E-state index contributed by atoms with van der Waals surface area (Å²) in [6.07, 6.45) is 0. The van der Waals surface area contributed by atoms with Gasteiger partial charge in [-0.2, -0.15) is 0 Å². The van der Waals surface area contributed by atoms with E-state index in [-0.39, 0.29) is 18.2 Å². The van der Waals surface area contributed by atoms with E-state index < -0.39 is 0 Å². The molecule has 0 unspecified atom stereocenters. The van der Waals surface area contributed by atoms with Crippen LogP contribution in [0.1, 0.15) is 39.8 Å². The molecular formula is C13H18AuClN2. The van der Waals surface area contributed by atoms with Crippen LogP contribution in [0.4, 0.5) is 0 Å². The van der Waals surface area contributed by atoms with Crippen molar-refractivity contribution in [2.45, 2.75) is 39.8 Å². The Morgan fingerprint density at radius 2 is 1.35 bits per heavy atom. The molecule has 1 aromatic carbocycles. The normalized spacial score (nSPS) is 12.2. The van der Waals surface area contributed by atoms with Crippen LogP contribution in [-0.2, 0) is 18.2 Å². The van der Waals surface area contributed by atoms with Gasteiger partial charge in [-0.25, -0.2) is 0 Å². The summed E-state index contributed by atoms with van der Waals surface area (Å²) in [5.41, 5.74) is 2.59. The fourth-order valence-corrected chi connectivity index (χ4v) is 5.10. The second-order valence-corrected chi connectivity index (χ2v) is 7.02. The van der Waals surface area contributed by atoms with Crippen LogP contribution < -0.4 is 0 Å². The zero-order valence-corrected chi connectivity index (χ0v) is 13.5. The van der Waals surface area contributed by atoms with Crippen molar-refractivity contribution in [3.8, 4) is 0 Å². The van der Waals surface area contributed by atoms with Crippen LogP contribution in [-0.4, -0.2) is 9.13 Å². The Morgan fingerprint density at radius 1 is 0.941 bits per heavy atom. The molecule has 1 heterocycles. The first-order valence-electron chi connectivity index (χ1n) is 5.81. The quantitative estimate of drug-likeness (QED) is 0.621. The Labute approximate surface area is 115 Å². The maximum atomic E-state index is 6.25. The molecule has 0 aliphatic rings. The van der Waals surface area contributed by atoms with E-state index >= 15 is 0 Å². The molecule has 0 saturated carbocycles. The van der Waals surface area contributed by atoms with Crippen LogP contribution in [0, 0.1) is 3.63 Å². The number of nitrogens with zero attached hydrogens (tertiary/aromatic N) is 2. The van der Waals surface area contributed by atoms with Gasteiger partial charge in [0.25, 0.3) is 0 Å². The fraction of sp³-hybridized carbons (Fsp3) is 0.462. The van der Waals surface area contributed by atoms with Crippen LogP contribution in [0.5, 0.6) is 0 Å². The minimum absolute atomic E-state index is 0.335. The van der Waals surface area contributed by atoms with Crippen molar-refractivity contribution >= 4 is 20.2 Å². The summed E-state index contributed by atoms with van der Waals surface area (Å²) in [4.78, 5) is 0. The number of hydrogen-bond donors (Lipinski definition) is 0. The van der Waals surface area contributed by atoms with Gasteiger partial charge in [-0.15, -0.1) is 0 Å². The van der Waals surface area contributed by atoms with Crippen LogP contribution in [0.15, 0.2) is 24.3 Å². The molecule has 4 heteroatoms. The molecule has 0 radical (unpaired) electrons. The van der Waals surface area contributed by atoms with Crippen molar-refractivity contribution in [1.82, 2.24) is 9.13 Å². The molecule has 98 valence electrons. The Kier molecular flexibility index (Phi) is 3.99. The Hall–Kier alpha value is -0.280. The van der Waals surface area contributed by atoms with Crippen LogP contribution in [0.2, 0.25) is 0 Å². The first-order valence-corrected chi connectivity index (χ1v) is 9.58. The van der Waals surface area contributed by atoms with E-state index in [0.717, 1.165) is 0 Å². The summed E-state index contributed by atoms with van der Waals surface area (Å²) in [5, 5.41) is 0. The molecule has 1 aromatic heterocycles. The van der Waals surface area contributed by atoms with E-state index in [2.05, 4.69) is 61.1 Å². The molecule has 0 bridgehead atoms. The van der Waals surface area contributed by atoms with Gasteiger partial charge in [0.05, 0.1) is 0 Å². The molecule has 0 aliphatic carbocycles. The van der Waals surface area contributed by atoms with Gasteiger partial charge in [0.2, 0.25) is 0 Å². The van der Waals surface area contributed by atoms with Gasteiger partial charge in [-0.3, -0.25) is 0 Å². The summed E-state index contributed by atoms with van der Waals surface area (Å²) in [7, 11) is 6.25. The third-order valence-corrected chi connectivity index (χ3v) is 5.09. The van der Waals surface area contributed by atoms with Gasteiger partial charge in [0.1, 0.15) is 0 Å². The zero-order chi connectivity index (χ0) is 12.6. The van der Waals surface area contributed by atoms with E-state index in [1.807, 2.05) is 0 Å². The second kappa shape index (κ2) is 5.15. The summed E-state index contributed by atoms with van der Waals surface area (Å²) < 4.78 is 6.05. The van der Waals surface area contributed by atoms with Gasteiger partial charge in [0.15, 0.2) is 0 Å². The molecular weight excluding hydrogens is 417 g/mol. The molecule has 0 fully saturated rings. The molecule has 2 nitrogen and oxygen atoms in total. The number of rotatable bonds is 2. The topological polar surface area (TPSA) is 9.86 Å². The third-order valence-electron chi connectivity index (χ3n) is 2.85. The molecule has 2 aromatic rings. The standard InChI is InChI=1S/C13H18N2.Au.ClH/c1-10(2)14-9-15(11(3)4)13-8-6-5-7-12(13)14;;/h5-8,10-11H,1-4H3;;1H/q;+1;/p-1. The first kappa shape index (κ1) is 13.2. The minimum atomic E-state index is -0.335. The zero-order valence-electron chi connectivity index (χ0n) is 10.5. The van der Waals surface area contributed by atoms with E-state index in [4.69, 9.17) is 9.19 Å². The predicted octanol–water partition coefficient (Wildman–Crippen LogP) is 4.37. The van der Waals surface area contributed by atoms with Crippen molar-refractivity contribution in [3.05, 3.63) is 27.9 Å². The summed E-state index contributed by atoms with van der Waals surface area (Å²) in [6, 6.07) is 9.47. The average Bonchev–Trinajstić information content (AvgIpc) is 2.62. The predicted molar refractivity (Wildman–Crippen MR) is 69.8 cm³/mol. The third kappa shape index (κ3) is 2.19. The van der Waals surface area contributed by atoms with Gasteiger partial charge in [0, 0.05) is 0 Å². The first-order chi connectivity index (χ1) is 8.07. The summed E-state index contributed by atoms with van der Waals surface area (Å²) in [5.74, 6) is 0. The van der Waals surface area contributed by atoms with Crippen molar-refractivity contribution in [1.29, 1.82) is 0 Å². The second-order valence-electron chi connectivity index (χ2n) is 4.71. The van der Waals surface area contributed by atoms with Crippen molar-refractivity contribution in [3.63, 3.8) is 0 Å². The monoisotopic (exact) mass is 434 g/mol.